The molecule has 1 heterocycles. The maximum Gasteiger partial charge on any atom is 0.134 e. The highest BCUT2D eigenvalue weighted by molar-refractivity contribution is 5.46. The lowest BCUT2D eigenvalue weighted by atomic mass is 10.2. The van der Waals surface area contributed by atoms with Crippen molar-refractivity contribution in [1.82, 2.24) is 0 Å². The Kier molecular flexibility index (Phi) is 3.44. The number of hydrogen-bond acceptors (Lipinski definition) is 3. The Balaban J connectivity index is 1.98. The maximum absolute atomic E-state index is 13.1. The van der Waals surface area contributed by atoms with Crippen LogP contribution in [0.5, 0.6) is 0 Å². The van der Waals surface area contributed by atoms with Crippen molar-refractivity contribution in [3.63, 3.8) is 0 Å². The van der Waals surface area contributed by atoms with Gasteiger partial charge in [-0.15, -0.1) is 0 Å². The molecule has 0 bridgehead atoms. The van der Waals surface area contributed by atoms with Crippen LogP contribution in [0, 0.1) is 12.7 Å². The largest absolute Gasteiger partial charge is 0.467 e. The second-order valence-corrected chi connectivity index (χ2v) is 3.93. The Morgan fingerprint density at radius 3 is 2.88 bits per heavy atom. The van der Waals surface area contributed by atoms with Gasteiger partial charge in [0, 0.05) is 12.2 Å². The Hall–Kier alpha value is -1.81. The molecule has 1 atom stereocenters. The SMILES string of the molecule is Cc1cc(F)cc(NCC(O)c2ccco2)c1. The molecule has 17 heavy (non-hydrogen) atoms. The lowest BCUT2D eigenvalue weighted by molar-refractivity contribution is 0.162. The molecule has 0 saturated carbocycles. The van der Waals surface area contributed by atoms with E-state index in [-0.39, 0.29) is 12.4 Å². The minimum atomic E-state index is -0.742. The van der Waals surface area contributed by atoms with Crippen molar-refractivity contribution in [2.75, 3.05) is 11.9 Å². The minimum Gasteiger partial charge on any atom is -0.467 e. The normalized spacial score (nSPS) is 12.4. The first kappa shape index (κ1) is 11.7. The van der Waals surface area contributed by atoms with Gasteiger partial charge < -0.3 is 14.8 Å². The van der Waals surface area contributed by atoms with Gasteiger partial charge in [0.05, 0.1) is 6.26 Å². The molecule has 0 aliphatic carbocycles. The number of aliphatic hydroxyl groups is 1. The summed E-state index contributed by atoms with van der Waals surface area (Å²) < 4.78 is 18.2. The van der Waals surface area contributed by atoms with Crippen LogP contribution < -0.4 is 5.32 Å². The molecule has 0 aliphatic rings. The highest BCUT2D eigenvalue weighted by Crippen LogP contribution is 2.17. The molecule has 0 aliphatic heterocycles. The van der Waals surface area contributed by atoms with Crippen molar-refractivity contribution in [2.24, 2.45) is 0 Å². The van der Waals surface area contributed by atoms with Gasteiger partial charge in [-0.05, 0) is 42.8 Å². The average molecular weight is 235 g/mol. The van der Waals surface area contributed by atoms with Crippen molar-refractivity contribution >= 4 is 5.69 Å². The van der Waals surface area contributed by atoms with Gasteiger partial charge in [0.2, 0.25) is 0 Å². The molecule has 0 saturated heterocycles. The smallest absolute Gasteiger partial charge is 0.134 e. The molecule has 2 aromatic rings. The van der Waals surface area contributed by atoms with E-state index in [1.54, 1.807) is 12.1 Å². The Morgan fingerprint density at radius 1 is 1.41 bits per heavy atom. The summed E-state index contributed by atoms with van der Waals surface area (Å²) >= 11 is 0. The van der Waals surface area contributed by atoms with Crippen LogP contribution in [0.1, 0.15) is 17.4 Å². The molecule has 1 unspecified atom stereocenters. The van der Waals surface area contributed by atoms with Crippen LogP contribution in [0.25, 0.3) is 0 Å². The fourth-order valence-electron chi connectivity index (χ4n) is 1.63. The first-order valence-corrected chi connectivity index (χ1v) is 5.37. The number of hydrogen-bond donors (Lipinski definition) is 2. The molecule has 0 amide bonds. The van der Waals surface area contributed by atoms with Gasteiger partial charge in [0.15, 0.2) is 0 Å². The number of aryl methyl sites for hydroxylation is 1. The molecule has 0 fully saturated rings. The van der Waals surface area contributed by atoms with Crippen LogP contribution in [0.3, 0.4) is 0 Å². The Morgan fingerprint density at radius 2 is 2.24 bits per heavy atom. The van der Waals surface area contributed by atoms with Gasteiger partial charge in [-0.2, -0.15) is 0 Å². The van der Waals surface area contributed by atoms with E-state index in [0.29, 0.717) is 11.4 Å². The van der Waals surface area contributed by atoms with Gasteiger partial charge >= 0.3 is 0 Å². The molecule has 0 spiro atoms. The molecule has 4 heteroatoms. The van der Waals surface area contributed by atoms with E-state index in [1.165, 1.54) is 18.4 Å². The summed E-state index contributed by atoms with van der Waals surface area (Å²) in [5, 5.41) is 12.7. The van der Waals surface area contributed by atoms with Gasteiger partial charge in [0.1, 0.15) is 17.7 Å². The maximum atomic E-state index is 13.1. The van der Waals surface area contributed by atoms with Gasteiger partial charge in [-0.3, -0.25) is 0 Å². The standard InChI is InChI=1S/C13H14FNO2/c1-9-5-10(14)7-11(6-9)15-8-12(16)13-3-2-4-17-13/h2-7,12,15-16H,8H2,1H3. The van der Waals surface area contributed by atoms with E-state index in [1.807, 2.05) is 13.0 Å². The highest BCUT2D eigenvalue weighted by atomic mass is 19.1. The van der Waals surface area contributed by atoms with Crippen LogP contribution in [0.15, 0.2) is 41.0 Å². The third kappa shape index (κ3) is 3.07. The van der Waals surface area contributed by atoms with Crippen molar-refractivity contribution in [1.29, 1.82) is 0 Å². The zero-order valence-electron chi connectivity index (χ0n) is 9.48. The predicted molar refractivity (Wildman–Crippen MR) is 63.3 cm³/mol. The molecule has 90 valence electrons. The molecule has 2 rings (SSSR count). The number of anilines is 1. The van der Waals surface area contributed by atoms with E-state index in [9.17, 15) is 9.50 Å². The summed E-state index contributed by atoms with van der Waals surface area (Å²) in [5.41, 5.74) is 1.48. The van der Waals surface area contributed by atoms with Gasteiger partial charge in [-0.1, -0.05) is 0 Å². The monoisotopic (exact) mass is 235 g/mol. The van der Waals surface area contributed by atoms with Gasteiger partial charge in [-0.25, -0.2) is 4.39 Å². The van der Waals surface area contributed by atoms with Crippen LogP contribution in [-0.4, -0.2) is 11.7 Å². The quantitative estimate of drug-likeness (QED) is 0.856. The lowest BCUT2D eigenvalue weighted by Crippen LogP contribution is -2.11. The predicted octanol–water partition coefficient (Wildman–Crippen LogP) is 2.87. The summed E-state index contributed by atoms with van der Waals surface area (Å²) in [7, 11) is 0. The number of halogens is 1. The first-order chi connectivity index (χ1) is 8.15. The van der Waals surface area contributed by atoms with E-state index in [0.717, 1.165) is 5.56 Å². The van der Waals surface area contributed by atoms with Crippen molar-refractivity contribution in [2.45, 2.75) is 13.0 Å². The van der Waals surface area contributed by atoms with Crippen molar-refractivity contribution < 1.29 is 13.9 Å². The number of rotatable bonds is 4. The van der Waals surface area contributed by atoms with Crippen LogP contribution in [0.4, 0.5) is 10.1 Å². The second kappa shape index (κ2) is 5.01. The fraction of sp³-hybridized carbons (Fsp3) is 0.231. The van der Waals surface area contributed by atoms with Crippen molar-refractivity contribution in [3.05, 3.63) is 53.7 Å². The third-order valence-electron chi connectivity index (χ3n) is 2.41. The summed E-state index contributed by atoms with van der Waals surface area (Å²) in [4.78, 5) is 0. The molecule has 3 nitrogen and oxygen atoms in total. The molecular weight excluding hydrogens is 221 g/mol. The minimum absolute atomic E-state index is 0.274. The van der Waals surface area contributed by atoms with Crippen LogP contribution >= 0.6 is 0 Å². The van der Waals surface area contributed by atoms with Crippen LogP contribution in [0.2, 0.25) is 0 Å². The van der Waals surface area contributed by atoms with Crippen molar-refractivity contribution in [3.8, 4) is 0 Å². The fourth-order valence-corrected chi connectivity index (χ4v) is 1.63. The molecular formula is C13H14FNO2. The number of nitrogens with one attached hydrogen (secondary N) is 1. The summed E-state index contributed by atoms with van der Waals surface area (Å²) in [5.74, 6) is 0.200. The summed E-state index contributed by atoms with van der Waals surface area (Å²) in [6.45, 7) is 2.09. The first-order valence-electron chi connectivity index (χ1n) is 5.37. The number of aliphatic hydroxyl groups excluding tert-OH is 1. The van der Waals surface area contributed by atoms with E-state index in [2.05, 4.69) is 5.32 Å². The average Bonchev–Trinajstić information content (AvgIpc) is 2.78. The Bertz CT molecular complexity index is 462. The molecule has 1 aromatic carbocycles. The summed E-state index contributed by atoms with van der Waals surface area (Å²) in [6.07, 6.45) is 0.763. The summed E-state index contributed by atoms with van der Waals surface area (Å²) in [6, 6.07) is 8.07. The molecule has 0 radical (unpaired) electrons. The van der Waals surface area contributed by atoms with E-state index >= 15 is 0 Å². The molecule has 2 N–H and O–H groups in total. The lowest BCUT2D eigenvalue weighted by Gasteiger charge is -2.11. The Labute approximate surface area is 98.9 Å². The topological polar surface area (TPSA) is 45.4 Å². The third-order valence-corrected chi connectivity index (χ3v) is 2.41. The zero-order valence-corrected chi connectivity index (χ0v) is 9.48. The van der Waals surface area contributed by atoms with E-state index in [4.69, 9.17) is 4.42 Å². The zero-order chi connectivity index (χ0) is 12.3. The molecule has 1 aromatic heterocycles. The second-order valence-electron chi connectivity index (χ2n) is 3.93. The van der Waals surface area contributed by atoms with Gasteiger partial charge in [0.25, 0.3) is 0 Å². The number of furan rings is 1. The van der Waals surface area contributed by atoms with E-state index < -0.39 is 6.10 Å². The highest BCUT2D eigenvalue weighted by Gasteiger charge is 2.09. The van der Waals surface area contributed by atoms with Crippen LogP contribution in [-0.2, 0) is 0 Å². The number of benzene rings is 1.